The van der Waals surface area contributed by atoms with E-state index >= 15 is 0 Å². The summed E-state index contributed by atoms with van der Waals surface area (Å²) < 4.78 is 0. The zero-order valence-corrected chi connectivity index (χ0v) is 12.5. The van der Waals surface area contributed by atoms with Crippen LogP contribution >= 0.6 is 11.3 Å². The van der Waals surface area contributed by atoms with Gasteiger partial charge in [0.05, 0.1) is 5.69 Å². The number of thiazole rings is 1. The number of hydrogen-bond donors (Lipinski definition) is 2. The van der Waals surface area contributed by atoms with E-state index in [2.05, 4.69) is 10.3 Å². The molecule has 4 nitrogen and oxygen atoms in total. The van der Waals surface area contributed by atoms with Gasteiger partial charge in [-0.1, -0.05) is 30.3 Å². The number of carbonyl (C=O) groups is 1. The molecule has 3 N–H and O–H groups in total. The second-order valence-electron chi connectivity index (χ2n) is 4.82. The lowest BCUT2D eigenvalue weighted by molar-refractivity contribution is 0.0956. The van der Waals surface area contributed by atoms with E-state index in [4.69, 9.17) is 5.73 Å². The number of nitrogens with zero attached hydrogens (tertiary/aromatic N) is 1. The van der Waals surface area contributed by atoms with Gasteiger partial charge < -0.3 is 11.1 Å². The van der Waals surface area contributed by atoms with Crippen molar-refractivity contribution in [1.29, 1.82) is 0 Å². The first-order chi connectivity index (χ1) is 9.58. The standard InChI is InChI=1S/C15H19N3OS/c1-10(16)8-9-17-14(19)13-11(2)18-15(20-13)12-6-4-3-5-7-12/h3-7,10H,8-9,16H2,1-2H3,(H,17,19). The summed E-state index contributed by atoms with van der Waals surface area (Å²) in [5.74, 6) is -0.0668. The van der Waals surface area contributed by atoms with Gasteiger partial charge in [0.15, 0.2) is 0 Å². The van der Waals surface area contributed by atoms with Crippen LogP contribution in [0.3, 0.4) is 0 Å². The fourth-order valence-electron chi connectivity index (χ4n) is 1.80. The van der Waals surface area contributed by atoms with Gasteiger partial charge >= 0.3 is 0 Å². The van der Waals surface area contributed by atoms with Crippen molar-refractivity contribution in [3.8, 4) is 10.6 Å². The van der Waals surface area contributed by atoms with Gasteiger partial charge in [-0.3, -0.25) is 4.79 Å². The van der Waals surface area contributed by atoms with Gasteiger partial charge in [-0.25, -0.2) is 4.98 Å². The molecule has 0 fully saturated rings. The van der Waals surface area contributed by atoms with Gasteiger partial charge in [0.25, 0.3) is 5.91 Å². The third-order valence-corrected chi connectivity index (χ3v) is 4.11. The van der Waals surface area contributed by atoms with E-state index in [1.165, 1.54) is 11.3 Å². The molecule has 0 spiro atoms. The highest BCUT2D eigenvalue weighted by molar-refractivity contribution is 7.17. The summed E-state index contributed by atoms with van der Waals surface area (Å²) in [6.45, 7) is 4.38. The number of benzene rings is 1. The van der Waals surface area contributed by atoms with Crippen molar-refractivity contribution in [2.75, 3.05) is 6.54 Å². The molecule has 1 unspecified atom stereocenters. The molecule has 0 saturated heterocycles. The van der Waals surface area contributed by atoms with Gasteiger partial charge in [-0.2, -0.15) is 0 Å². The fraction of sp³-hybridized carbons (Fsp3) is 0.333. The van der Waals surface area contributed by atoms with Crippen LogP contribution in [0.15, 0.2) is 30.3 Å². The van der Waals surface area contributed by atoms with Crippen LogP contribution < -0.4 is 11.1 Å². The van der Waals surface area contributed by atoms with E-state index < -0.39 is 0 Å². The van der Waals surface area contributed by atoms with Gasteiger partial charge in [-0.05, 0) is 20.3 Å². The average molecular weight is 289 g/mol. The Hall–Kier alpha value is -1.72. The monoisotopic (exact) mass is 289 g/mol. The largest absolute Gasteiger partial charge is 0.351 e. The highest BCUT2D eigenvalue weighted by atomic mass is 32.1. The molecule has 1 atom stereocenters. The third-order valence-electron chi connectivity index (χ3n) is 2.91. The van der Waals surface area contributed by atoms with Gasteiger partial charge in [0, 0.05) is 18.2 Å². The van der Waals surface area contributed by atoms with E-state index in [1.54, 1.807) is 0 Å². The molecule has 0 aliphatic carbocycles. The second-order valence-corrected chi connectivity index (χ2v) is 5.82. The van der Waals surface area contributed by atoms with Crippen molar-refractivity contribution in [2.45, 2.75) is 26.3 Å². The number of nitrogens with one attached hydrogen (secondary N) is 1. The lowest BCUT2D eigenvalue weighted by Gasteiger charge is -2.06. The molecule has 2 aromatic rings. The first kappa shape index (κ1) is 14.7. The van der Waals surface area contributed by atoms with Crippen LogP contribution in [-0.2, 0) is 0 Å². The van der Waals surface area contributed by atoms with Crippen LogP contribution in [0.4, 0.5) is 0 Å². The number of amides is 1. The Morgan fingerprint density at radius 2 is 2.10 bits per heavy atom. The molecule has 1 aromatic carbocycles. The summed E-state index contributed by atoms with van der Waals surface area (Å²) in [7, 11) is 0. The molecule has 20 heavy (non-hydrogen) atoms. The minimum Gasteiger partial charge on any atom is -0.351 e. The van der Waals surface area contributed by atoms with Crippen LogP contribution in [0.25, 0.3) is 10.6 Å². The smallest absolute Gasteiger partial charge is 0.263 e. The average Bonchev–Trinajstić information content (AvgIpc) is 2.81. The molecule has 1 aromatic heterocycles. The number of carbonyl (C=O) groups excluding carboxylic acids is 1. The third kappa shape index (κ3) is 3.65. The van der Waals surface area contributed by atoms with Crippen molar-refractivity contribution in [3.63, 3.8) is 0 Å². The molecule has 0 saturated carbocycles. The predicted molar refractivity (Wildman–Crippen MR) is 82.9 cm³/mol. The molecule has 0 aliphatic rings. The summed E-state index contributed by atoms with van der Waals surface area (Å²) in [4.78, 5) is 17.3. The van der Waals surface area contributed by atoms with Crippen LogP contribution in [0.5, 0.6) is 0 Å². The summed E-state index contributed by atoms with van der Waals surface area (Å²) in [6.07, 6.45) is 0.773. The Labute approximate surface area is 123 Å². The van der Waals surface area contributed by atoms with E-state index in [0.717, 1.165) is 22.7 Å². The Bertz CT molecular complexity index is 578. The van der Waals surface area contributed by atoms with Crippen LogP contribution in [0.2, 0.25) is 0 Å². The number of nitrogens with two attached hydrogens (primary N) is 1. The second kappa shape index (κ2) is 6.63. The lowest BCUT2D eigenvalue weighted by atomic mass is 10.2. The van der Waals surface area contributed by atoms with Crippen molar-refractivity contribution in [3.05, 3.63) is 40.9 Å². The van der Waals surface area contributed by atoms with Crippen molar-refractivity contribution < 1.29 is 4.79 Å². The minimum atomic E-state index is -0.0668. The number of hydrogen-bond acceptors (Lipinski definition) is 4. The molecule has 5 heteroatoms. The molecular weight excluding hydrogens is 270 g/mol. The maximum Gasteiger partial charge on any atom is 0.263 e. The molecular formula is C15H19N3OS. The topological polar surface area (TPSA) is 68.0 Å². The summed E-state index contributed by atoms with van der Waals surface area (Å²) >= 11 is 1.43. The number of aryl methyl sites for hydroxylation is 1. The quantitative estimate of drug-likeness (QED) is 0.889. The van der Waals surface area contributed by atoms with Crippen LogP contribution in [0, 0.1) is 6.92 Å². The molecule has 1 amide bonds. The number of aromatic nitrogens is 1. The predicted octanol–water partition coefficient (Wildman–Crippen LogP) is 2.59. The highest BCUT2D eigenvalue weighted by Gasteiger charge is 2.15. The van der Waals surface area contributed by atoms with Crippen molar-refractivity contribution >= 4 is 17.2 Å². The molecule has 106 valence electrons. The Morgan fingerprint density at radius 3 is 2.75 bits per heavy atom. The summed E-state index contributed by atoms with van der Waals surface area (Å²) in [6, 6.07) is 9.98. The maximum absolute atomic E-state index is 12.1. The van der Waals surface area contributed by atoms with E-state index in [9.17, 15) is 4.79 Å². The minimum absolute atomic E-state index is 0.0668. The van der Waals surface area contributed by atoms with Gasteiger partial charge in [0.2, 0.25) is 0 Å². The van der Waals surface area contributed by atoms with Crippen LogP contribution in [-0.4, -0.2) is 23.5 Å². The van der Waals surface area contributed by atoms with Crippen LogP contribution in [0.1, 0.15) is 28.7 Å². The lowest BCUT2D eigenvalue weighted by Crippen LogP contribution is -2.28. The zero-order chi connectivity index (χ0) is 14.5. The van der Waals surface area contributed by atoms with Gasteiger partial charge in [-0.15, -0.1) is 11.3 Å². The van der Waals surface area contributed by atoms with Gasteiger partial charge in [0.1, 0.15) is 9.88 Å². The normalized spacial score (nSPS) is 12.2. The Balaban J connectivity index is 2.10. The molecule has 0 radical (unpaired) electrons. The fourth-order valence-corrected chi connectivity index (χ4v) is 2.79. The van der Waals surface area contributed by atoms with E-state index in [-0.39, 0.29) is 11.9 Å². The Morgan fingerprint density at radius 1 is 1.40 bits per heavy atom. The molecule has 1 heterocycles. The molecule has 0 bridgehead atoms. The Kier molecular flexibility index (Phi) is 4.87. The maximum atomic E-state index is 12.1. The SMILES string of the molecule is Cc1nc(-c2ccccc2)sc1C(=O)NCCC(C)N. The summed E-state index contributed by atoms with van der Waals surface area (Å²) in [5, 5.41) is 3.76. The number of rotatable bonds is 5. The van der Waals surface area contributed by atoms with E-state index in [0.29, 0.717) is 11.4 Å². The van der Waals surface area contributed by atoms with Crippen molar-refractivity contribution in [2.24, 2.45) is 5.73 Å². The molecule has 0 aliphatic heterocycles. The van der Waals surface area contributed by atoms with Crippen molar-refractivity contribution in [1.82, 2.24) is 10.3 Å². The first-order valence-electron chi connectivity index (χ1n) is 6.64. The zero-order valence-electron chi connectivity index (χ0n) is 11.7. The van der Waals surface area contributed by atoms with E-state index in [1.807, 2.05) is 44.2 Å². The summed E-state index contributed by atoms with van der Waals surface area (Å²) in [5.41, 5.74) is 7.47. The highest BCUT2D eigenvalue weighted by Crippen LogP contribution is 2.27. The molecule has 2 rings (SSSR count). The first-order valence-corrected chi connectivity index (χ1v) is 7.46.